The lowest BCUT2D eigenvalue weighted by atomic mass is 9.46. The molecule has 0 saturated heterocycles. The highest BCUT2D eigenvalue weighted by molar-refractivity contribution is 8.18. The van der Waals surface area contributed by atoms with Gasteiger partial charge in [0.15, 0.2) is 4.20 Å². The topological polar surface area (TPSA) is 86.0 Å². The second-order valence-corrected chi connectivity index (χ2v) is 10.3. The Hall–Kier alpha value is -1.11. The van der Waals surface area contributed by atoms with Gasteiger partial charge < -0.3 is 5.73 Å². The van der Waals surface area contributed by atoms with Crippen LogP contribution in [0.5, 0.6) is 0 Å². The molecule has 2 N–H and O–H groups in total. The van der Waals surface area contributed by atoms with Crippen molar-refractivity contribution in [2.75, 3.05) is 11.5 Å². The molecule has 4 nitrogen and oxygen atoms in total. The molecule has 2 bridgehead atoms. The van der Waals surface area contributed by atoms with Crippen molar-refractivity contribution in [3.63, 3.8) is 0 Å². The summed E-state index contributed by atoms with van der Waals surface area (Å²) in [7, 11) is 0. The van der Waals surface area contributed by atoms with Crippen molar-refractivity contribution in [3.05, 3.63) is 12.2 Å². The van der Waals surface area contributed by atoms with Crippen LogP contribution in [0.2, 0.25) is 0 Å². The number of rotatable bonds is 8. The van der Waals surface area contributed by atoms with E-state index in [2.05, 4.69) is 38.1 Å². The molecule has 0 aromatic rings. The normalized spacial score (nSPS) is 36.2. The molecule has 1 saturated carbocycles. The van der Waals surface area contributed by atoms with Gasteiger partial charge in [0.1, 0.15) is 16.7 Å². The summed E-state index contributed by atoms with van der Waals surface area (Å²) in [5.41, 5.74) is 4.64. The number of hydrogen-bond donors (Lipinski definition) is 1. The van der Waals surface area contributed by atoms with Crippen LogP contribution >= 0.6 is 23.5 Å². The Balaban J connectivity index is 2.13. The quantitative estimate of drug-likeness (QED) is 0.370. The molecule has 26 heavy (non-hydrogen) atoms. The van der Waals surface area contributed by atoms with Gasteiger partial charge in [-0.3, -0.25) is 0 Å². The molecule has 0 aromatic carbocycles. The van der Waals surface area contributed by atoms with E-state index in [0.29, 0.717) is 5.84 Å². The Morgan fingerprint density at radius 2 is 1.65 bits per heavy atom. The molecule has 0 aromatic heterocycles. The lowest BCUT2D eigenvalue weighted by Gasteiger charge is -2.56. The zero-order chi connectivity index (χ0) is 18.8. The number of thioether (sulfide) groups is 2. The largest absolute Gasteiger partial charge is 0.386 e. The Labute approximate surface area is 165 Å². The van der Waals surface area contributed by atoms with E-state index in [1.807, 2.05) is 0 Å². The lowest BCUT2D eigenvalue weighted by Crippen LogP contribution is -2.62. The van der Waals surface area contributed by atoms with E-state index < -0.39 is 15.0 Å². The first-order valence-corrected chi connectivity index (χ1v) is 11.7. The summed E-state index contributed by atoms with van der Waals surface area (Å²) >= 11 is 3.52. The van der Waals surface area contributed by atoms with Crippen LogP contribution in [0.3, 0.4) is 0 Å². The van der Waals surface area contributed by atoms with Crippen LogP contribution in [-0.2, 0) is 0 Å². The highest BCUT2D eigenvalue weighted by atomic mass is 32.2. The number of nitrogens with zero attached hydrogens (tertiary/aromatic N) is 3. The van der Waals surface area contributed by atoms with Gasteiger partial charge >= 0.3 is 0 Å². The minimum atomic E-state index is -0.974. The summed E-state index contributed by atoms with van der Waals surface area (Å²) in [6, 6.07) is 5.20. The Morgan fingerprint density at radius 1 is 1.08 bits per heavy atom. The van der Waals surface area contributed by atoms with Gasteiger partial charge in [-0.2, -0.15) is 10.5 Å². The van der Waals surface area contributed by atoms with Crippen LogP contribution in [0.1, 0.15) is 52.4 Å². The summed E-state index contributed by atoms with van der Waals surface area (Å²) in [6.07, 6.45) is 10.6. The maximum absolute atomic E-state index is 10.5. The zero-order valence-corrected chi connectivity index (χ0v) is 17.3. The molecule has 4 atom stereocenters. The first-order chi connectivity index (χ1) is 12.6. The number of nitrogens with two attached hydrogens (primary N) is 1. The van der Waals surface area contributed by atoms with Crippen LogP contribution in [-0.4, -0.2) is 21.5 Å². The van der Waals surface area contributed by atoms with Gasteiger partial charge in [-0.15, -0.1) is 23.5 Å². The van der Waals surface area contributed by atoms with E-state index in [-0.39, 0.29) is 11.8 Å². The molecule has 4 aliphatic rings. The number of nitriles is 2. The van der Waals surface area contributed by atoms with E-state index in [1.54, 1.807) is 23.5 Å². The fourth-order valence-electron chi connectivity index (χ4n) is 4.85. The first-order valence-electron chi connectivity index (χ1n) is 9.73. The number of allylic oxidation sites excluding steroid dienone is 2. The highest BCUT2D eigenvalue weighted by Crippen LogP contribution is 2.73. The van der Waals surface area contributed by atoms with Crippen LogP contribution in [0.15, 0.2) is 17.1 Å². The second-order valence-electron chi connectivity index (χ2n) is 7.50. The fraction of sp³-hybridized carbons (Fsp3) is 0.750. The highest BCUT2D eigenvalue weighted by Gasteiger charge is 2.78. The van der Waals surface area contributed by atoms with Gasteiger partial charge in [0.25, 0.3) is 0 Å². The van der Waals surface area contributed by atoms with Crippen molar-refractivity contribution >= 4 is 29.4 Å². The monoisotopic (exact) mass is 388 g/mol. The van der Waals surface area contributed by atoms with Crippen LogP contribution < -0.4 is 5.73 Å². The minimum Gasteiger partial charge on any atom is -0.386 e. The van der Waals surface area contributed by atoms with E-state index in [1.165, 1.54) is 0 Å². The van der Waals surface area contributed by atoms with Gasteiger partial charge in [-0.1, -0.05) is 38.8 Å². The Morgan fingerprint density at radius 3 is 2.12 bits per heavy atom. The fourth-order valence-corrected chi connectivity index (χ4v) is 8.60. The maximum atomic E-state index is 10.5. The van der Waals surface area contributed by atoms with E-state index in [4.69, 9.17) is 10.7 Å². The Kier molecular flexibility index (Phi) is 5.66. The van der Waals surface area contributed by atoms with Crippen molar-refractivity contribution in [2.24, 2.45) is 33.4 Å². The summed E-state index contributed by atoms with van der Waals surface area (Å²) in [5, 5.41) is 20.8. The molecule has 0 spiro atoms. The van der Waals surface area contributed by atoms with Crippen LogP contribution in [0.4, 0.5) is 0 Å². The molecule has 0 radical (unpaired) electrons. The average molecular weight is 389 g/mol. The van der Waals surface area contributed by atoms with Gasteiger partial charge in [0.2, 0.25) is 0 Å². The van der Waals surface area contributed by atoms with Crippen molar-refractivity contribution in [2.45, 2.75) is 56.6 Å². The molecular weight excluding hydrogens is 360 g/mol. The minimum absolute atomic E-state index is 0.00123. The molecule has 0 amide bonds. The third-order valence-corrected chi connectivity index (χ3v) is 9.51. The predicted molar refractivity (Wildman–Crippen MR) is 111 cm³/mol. The summed E-state index contributed by atoms with van der Waals surface area (Å²) in [5.74, 6) is 2.33. The van der Waals surface area contributed by atoms with E-state index in [9.17, 15) is 10.5 Å². The predicted octanol–water partition coefficient (Wildman–Crippen LogP) is 4.69. The Bertz CT molecular complexity index is 679. The van der Waals surface area contributed by atoms with Crippen molar-refractivity contribution in [3.8, 4) is 12.1 Å². The summed E-state index contributed by atoms with van der Waals surface area (Å²) in [4.78, 5) is 4.97. The smallest absolute Gasteiger partial charge is 0.175 e. The number of fused-ring (bicyclic) bond motifs is 1. The molecule has 0 unspecified atom stereocenters. The lowest BCUT2D eigenvalue weighted by molar-refractivity contribution is 0.0566. The first kappa shape index (κ1) is 19.6. The average Bonchev–Trinajstić information content (AvgIpc) is 2.91. The van der Waals surface area contributed by atoms with Crippen molar-refractivity contribution in [1.82, 2.24) is 0 Å². The summed E-state index contributed by atoms with van der Waals surface area (Å²) < 4.78 is -0.667. The number of aliphatic imine (C=N–C) groups is 1. The molecule has 3 aliphatic carbocycles. The van der Waals surface area contributed by atoms with E-state index >= 15 is 0 Å². The van der Waals surface area contributed by atoms with E-state index in [0.717, 1.165) is 50.0 Å². The van der Waals surface area contributed by atoms with Crippen LogP contribution in [0.25, 0.3) is 0 Å². The van der Waals surface area contributed by atoms with Crippen molar-refractivity contribution in [1.29, 1.82) is 10.5 Å². The third-order valence-electron chi connectivity index (χ3n) is 6.21. The molecule has 140 valence electrons. The standard InChI is InChI=1S/C20H28N4S2/c1-3-5-11-25-20(26-12-6-4-2)19(14-22)16-9-7-15(8-10-16)18(19,13-21)17(23)24-20/h7,9,15-16H,3-6,8,10-12H2,1-2H3,(H2,23,24)/t15-,16+,18+,19+/m0/s1. The maximum Gasteiger partial charge on any atom is 0.175 e. The van der Waals surface area contributed by atoms with Gasteiger partial charge in [0.05, 0.1) is 12.1 Å². The van der Waals surface area contributed by atoms with Gasteiger partial charge in [-0.25, -0.2) is 4.99 Å². The molecule has 6 heteroatoms. The number of amidine groups is 1. The third kappa shape index (κ3) is 2.38. The molecule has 1 heterocycles. The number of unbranched alkanes of at least 4 members (excludes halogenated alkanes) is 2. The van der Waals surface area contributed by atoms with Crippen LogP contribution in [0, 0.1) is 45.3 Å². The molecule has 1 fully saturated rings. The van der Waals surface area contributed by atoms with Gasteiger partial charge in [-0.05, 0) is 37.2 Å². The van der Waals surface area contributed by atoms with Crippen molar-refractivity contribution < 1.29 is 0 Å². The SMILES string of the molecule is CCCCSC1(SCCCC)N=C(N)[C@@]2(C#N)[C@H]3C=C[C@H](CC3)[C@@]12C#N. The van der Waals surface area contributed by atoms with Gasteiger partial charge in [0, 0.05) is 11.8 Å². The molecule has 1 aliphatic heterocycles. The molecule has 4 rings (SSSR count). The summed E-state index contributed by atoms with van der Waals surface area (Å²) in [6.45, 7) is 4.35. The second kappa shape index (κ2) is 7.49. The molecular formula is C20H28N4S2. The number of hydrogen-bond acceptors (Lipinski definition) is 6. The zero-order valence-electron chi connectivity index (χ0n) is 15.7.